The average molecular weight is 237 g/mol. The first kappa shape index (κ1) is 13.7. The molecule has 1 atom stereocenters. The Morgan fingerprint density at radius 3 is 2.53 bits per heavy atom. The Morgan fingerprint density at radius 1 is 1.41 bits per heavy atom. The maximum Gasteiger partial charge on any atom is 0.131 e. The van der Waals surface area contributed by atoms with Crippen molar-refractivity contribution in [1.29, 1.82) is 0 Å². The van der Waals surface area contributed by atoms with Crippen LogP contribution < -0.4 is 4.90 Å². The minimum atomic E-state index is -0.822. The molecule has 0 aliphatic heterocycles. The number of anilines is 1. The van der Waals surface area contributed by atoms with Crippen LogP contribution in [0, 0.1) is 5.82 Å². The van der Waals surface area contributed by atoms with Crippen molar-refractivity contribution in [2.45, 2.75) is 32.9 Å². The molecule has 0 aliphatic rings. The van der Waals surface area contributed by atoms with Gasteiger partial charge in [-0.15, -0.1) is 6.58 Å². The summed E-state index contributed by atoms with van der Waals surface area (Å²) in [5.41, 5.74) is 1.08. The van der Waals surface area contributed by atoms with Crippen LogP contribution in [0.15, 0.2) is 30.9 Å². The third kappa shape index (κ3) is 3.07. The lowest BCUT2D eigenvalue weighted by Gasteiger charge is -2.30. The Balaban J connectivity index is 3.27. The van der Waals surface area contributed by atoms with Gasteiger partial charge in [-0.05, 0) is 32.9 Å². The Hall–Kier alpha value is -1.35. The van der Waals surface area contributed by atoms with Crippen molar-refractivity contribution < 1.29 is 9.50 Å². The highest BCUT2D eigenvalue weighted by Crippen LogP contribution is 2.30. The Morgan fingerprint density at radius 2 is 2.06 bits per heavy atom. The fraction of sp³-hybridized carbons (Fsp3) is 0.429. The van der Waals surface area contributed by atoms with Gasteiger partial charge in [0.1, 0.15) is 5.82 Å². The molecule has 1 unspecified atom stereocenters. The van der Waals surface area contributed by atoms with Crippen LogP contribution >= 0.6 is 0 Å². The largest absolute Gasteiger partial charge is 0.389 e. The normalized spacial score (nSPS) is 12.6. The third-order valence-corrected chi connectivity index (χ3v) is 2.71. The lowest BCUT2D eigenvalue weighted by Crippen LogP contribution is -2.32. The van der Waals surface area contributed by atoms with Gasteiger partial charge in [-0.25, -0.2) is 4.39 Å². The number of nitrogens with zero attached hydrogens (tertiary/aromatic N) is 1. The van der Waals surface area contributed by atoms with E-state index in [0.717, 1.165) is 5.69 Å². The number of halogens is 1. The molecule has 17 heavy (non-hydrogen) atoms. The van der Waals surface area contributed by atoms with E-state index in [1.54, 1.807) is 19.1 Å². The SMILES string of the molecule is C=CCN(c1cccc(F)c1C(C)O)C(C)C. The Bertz CT molecular complexity index is 388. The minimum Gasteiger partial charge on any atom is -0.389 e. The Kier molecular flexibility index (Phi) is 4.70. The van der Waals surface area contributed by atoms with Crippen molar-refractivity contribution >= 4 is 5.69 Å². The summed E-state index contributed by atoms with van der Waals surface area (Å²) in [6.07, 6.45) is 0.953. The zero-order valence-corrected chi connectivity index (χ0v) is 10.7. The molecule has 3 heteroatoms. The first-order valence-electron chi connectivity index (χ1n) is 5.83. The first-order chi connectivity index (χ1) is 7.99. The van der Waals surface area contributed by atoms with E-state index in [9.17, 15) is 9.50 Å². The molecule has 0 heterocycles. The van der Waals surface area contributed by atoms with Crippen LogP contribution in [0.5, 0.6) is 0 Å². The van der Waals surface area contributed by atoms with Crippen molar-refractivity contribution in [2.75, 3.05) is 11.4 Å². The van der Waals surface area contributed by atoms with Crippen molar-refractivity contribution in [3.8, 4) is 0 Å². The summed E-state index contributed by atoms with van der Waals surface area (Å²) in [6, 6.07) is 5.08. The van der Waals surface area contributed by atoms with Gasteiger partial charge in [0.2, 0.25) is 0 Å². The maximum absolute atomic E-state index is 13.8. The van der Waals surface area contributed by atoms with Crippen molar-refractivity contribution in [1.82, 2.24) is 0 Å². The molecule has 2 nitrogen and oxygen atoms in total. The number of aliphatic hydroxyl groups excluding tert-OH is 1. The van der Waals surface area contributed by atoms with E-state index in [4.69, 9.17) is 0 Å². The molecule has 0 fully saturated rings. The van der Waals surface area contributed by atoms with Gasteiger partial charge in [0, 0.05) is 23.8 Å². The quantitative estimate of drug-likeness (QED) is 0.794. The fourth-order valence-electron chi connectivity index (χ4n) is 1.92. The smallest absolute Gasteiger partial charge is 0.131 e. The van der Waals surface area contributed by atoms with Crippen LogP contribution in [0.1, 0.15) is 32.4 Å². The summed E-state index contributed by atoms with van der Waals surface area (Å²) in [6.45, 7) is 9.97. The van der Waals surface area contributed by atoms with E-state index >= 15 is 0 Å². The lowest BCUT2D eigenvalue weighted by molar-refractivity contribution is 0.194. The van der Waals surface area contributed by atoms with Gasteiger partial charge in [0.05, 0.1) is 6.10 Å². The lowest BCUT2D eigenvalue weighted by atomic mass is 10.1. The van der Waals surface area contributed by atoms with Crippen molar-refractivity contribution in [3.63, 3.8) is 0 Å². The number of aliphatic hydroxyl groups is 1. The number of hydrogen-bond donors (Lipinski definition) is 1. The molecule has 0 spiro atoms. The van der Waals surface area contributed by atoms with Gasteiger partial charge >= 0.3 is 0 Å². The van der Waals surface area contributed by atoms with Crippen molar-refractivity contribution in [2.24, 2.45) is 0 Å². The van der Waals surface area contributed by atoms with Gasteiger partial charge < -0.3 is 10.0 Å². The zero-order valence-electron chi connectivity index (χ0n) is 10.7. The van der Waals surface area contributed by atoms with Gasteiger partial charge in [0.15, 0.2) is 0 Å². The number of rotatable bonds is 5. The molecule has 0 radical (unpaired) electrons. The molecule has 0 amide bonds. The second-order valence-electron chi connectivity index (χ2n) is 4.38. The van der Waals surface area contributed by atoms with E-state index in [-0.39, 0.29) is 11.9 Å². The highest BCUT2D eigenvalue weighted by atomic mass is 19.1. The monoisotopic (exact) mass is 237 g/mol. The molecule has 0 aromatic heterocycles. The molecule has 1 aromatic carbocycles. The van der Waals surface area contributed by atoms with E-state index in [2.05, 4.69) is 6.58 Å². The van der Waals surface area contributed by atoms with Crippen molar-refractivity contribution in [3.05, 3.63) is 42.2 Å². The van der Waals surface area contributed by atoms with Gasteiger partial charge in [-0.1, -0.05) is 12.1 Å². The summed E-state index contributed by atoms with van der Waals surface area (Å²) in [5, 5.41) is 9.69. The highest BCUT2D eigenvalue weighted by molar-refractivity contribution is 5.56. The van der Waals surface area contributed by atoms with E-state index in [1.807, 2.05) is 24.8 Å². The predicted molar refractivity (Wildman–Crippen MR) is 69.7 cm³/mol. The summed E-state index contributed by atoms with van der Waals surface area (Å²) in [7, 11) is 0. The number of hydrogen-bond acceptors (Lipinski definition) is 2. The number of benzene rings is 1. The predicted octanol–water partition coefficient (Wildman–Crippen LogP) is 3.28. The van der Waals surface area contributed by atoms with E-state index < -0.39 is 6.10 Å². The second-order valence-corrected chi connectivity index (χ2v) is 4.38. The molecule has 1 N–H and O–H groups in total. The second kappa shape index (κ2) is 5.82. The standard InChI is InChI=1S/C14H20FNO/c1-5-9-16(10(2)3)13-8-6-7-12(15)14(13)11(4)17/h5-8,10-11,17H,1,9H2,2-4H3. The summed E-state index contributed by atoms with van der Waals surface area (Å²) in [5.74, 6) is -0.368. The van der Waals surface area contributed by atoms with E-state index in [1.165, 1.54) is 6.07 Å². The van der Waals surface area contributed by atoms with Gasteiger partial charge in [-0.3, -0.25) is 0 Å². The first-order valence-corrected chi connectivity index (χ1v) is 5.83. The van der Waals surface area contributed by atoms with Crippen LogP contribution in [0.25, 0.3) is 0 Å². The van der Waals surface area contributed by atoms with Gasteiger partial charge in [-0.2, -0.15) is 0 Å². The third-order valence-electron chi connectivity index (χ3n) is 2.71. The van der Waals surface area contributed by atoms with E-state index in [0.29, 0.717) is 12.1 Å². The zero-order chi connectivity index (χ0) is 13.0. The topological polar surface area (TPSA) is 23.5 Å². The molecule has 1 aromatic rings. The molecule has 0 saturated heterocycles. The molecular weight excluding hydrogens is 217 g/mol. The van der Waals surface area contributed by atoms with Crippen LogP contribution in [-0.2, 0) is 0 Å². The molecule has 0 saturated carbocycles. The fourth-order valence-corrected chi connectivity index (χ4v) is 1.92. The molecular formula is C14H20FNO. The molecule has 94 valence electrons. The maximum atomic E-state index is 13.8. The Labute approximate surface area is 102 Å². The molecule has 1 rings (SSSR count). The highest BCUT2D eigenvalue weighted by Gasteiger charge is 2.19. The molecule has 0 bridgehead atoms. The van der Waals surface area contributed by atoms with Crippen LogP contribution in [0.4, 0.5) is 10.1 Å². The summed E-state index contributed by atoms with van der Waals surface area (Å²) >= 11 is 0. The van der Waals surface area contributed by atoms with Gasteiger partial charge in [0.25, 0.3) is 0 Å². The molecule has 0 aliphatic carbocycles. The van der Waals surface area contributed by atoms with Crippen LogP contribution in [0.2, 0.25) is 0 Å². The van der Waals surface area contributed by atoms with Crippen LogP contribution in [-0.4, -0.2) is 17.7 Å². The average Bonchev–Trinajstić information content (AvgIpc) is 2.24. The van der Waals surface area contributed by atoms with Crippen LogP contribution in [0.3, 0.4) is 0 Å². The minimum absolute atomic E-state index is 0.215. The summed E-state index contributed by atoms with van der Waals surface area (Å²) in [4.78, 5) is 2.01. The summed E-state index contributed by atoms with van der Waals surface area (Å²) < 4.78 is 13.8.